The Morgan fingerprint density at radius 1 is 1.44 bits per heavy atom. The van der Waals surface area contributed by atoms with Gasteiger partial charge >= 0.3 is 0 Å². The lowest BCUT2D eigenvalue weighted by molar-refractivity contribution is 0.211. The van der Waals surface area contributed by atoms with Crippen LogP contribution >= 0.6 is 0 Å². The van der Waals surface area contributed by atoms with Crippen LogP contribution in [0.1, 0.15) is 32.6 Å². The summed E-state index contributed by atoms with van der Waals surface area (Å²) >= 11 is 0. The highest BCUT2D eigenvalue weighted by Gasteiger charge is 2.19. The molecule has 0 amide bonds. The van der Waals surface area contributed by atoms with Gasteiger partial charge in [-0.2, -0.15) is 0 Å². The standard InChI is InChI=1S/C11H24N2O2S/c1-3-4-8-16(14,15)12-9-11-6-5-7-13(2)10-11/h11-12H,3-10H2,1-2H3. The highest BCUT2D eigenvalue weighted by Crippen LogP contribution is 2.14. The molecule has 1 unspecified atom stereocenters. The quantitative estimate of drug-likeness (QED) is 0.764. The van der Waals surface area contributed by atoms with Crippen molar-refractivity contribution >= 4 is 10.0 Å². The van der Waals surface area contributed by atoms with E-state index in [0.29, 0.717) is 12.5 Å². The van der Waals surface area contributed by atoms with Gasteiger partial charge in [0.05, 0.1) is 5.75 Å². The summed E-state index contributed by atoms with van der Waals surface area (Å²) in [5.74, 6) is 0.752. The van der Waals surface area contributed by atoms with Crippen LogP contribution in [-0.2, 0) is 10.0 Å². The van der Waals surface area contributed by atoms with Crippen molar-refractivity contribution in [3.63, 3.8) is 0 Å². The van der Waals surface area contributed by atoms with Crippen molar-refractivity contribution in [2.24, 2.45) is 5.92 Å². The number of piperidine rings is 1. The Morgan fingerprint density at radius 2 is 2.19 bits per heavy atom. The van der Waals surface area contributed by atoms with Gasteiger partial charge in [0.15, 0.2) is 0 Å². The highest BCUT2D eigenvalue weighted by atomic mass is 32.2. The molecular weight excluding hydrogens is 224 g/mol. The summed E-state index contributed by atoms with van der Waals surface area (Å²) in [4.78, 5) is 2.27. The third kappa shape index (κ3) is 5.27. The molecule has 1 aliphatic rings. The Kier molecular flexibility index (Phi) is 5.72. The van der Waals surface area contributed by atoms with E-state index in [9.17, 15) is 8.42 Å². The van der Waals surface area contributed by atoms with E-state index in [1.165, 1.54) is 6.42 Å². The zero-order valence-corrected chi connectivity index (χ0v) is 11.2. The third-order valence-electron chi connectivity index (χ3n) is 3.08. The van der Waals surface area contributed by atoms with Crippen molar-refractivity contribution in [2.45, 2.75) is 32.6 Å². The van der Waals surface area contributed by atoms with Crippen LogP contribution in [0.3, 0.4) is 0 Å². The fourth-order valence-electron chi connectivity index (χ4n) is 2.09. The summed E-state index contributed by atoms with van der Waals surface area (Å²) in [6.45, 7) is 4.76. The zero-order chi connectivity index (χ0) is 12.0. The molecule has 0 spiro atoms. The van der Waals surface area contributed by atoms with Gasteiger partial charge in [-0.1, -0.05) is 13.3 Å². The second kappa shape index (κ2) is 6.57. The Hall–Kier alpha value is -0.130. The van der Waals surface area contributed by atoms with E-state index in [-0.39, 0.29) is 5.75 Å². The van der Waals surface area contributed by atoms with E-state index in [1.807, 2.05) is 6.92 Å². The van der Waals surface area contributed by atoms with Crippen molar-refractivity contribution in [3.8, 4) is 0 Å². The van der Waals surface area contributed by atoms with E-state index >= 15 is 0 Å². The van der Waals surface area contributed by atoms with Crippen LogP contribution in [0.15, 0.2) is 0 Å². The molecule has 1 aliphatic heterocycles. The van der Waals surface area contributed by atoms with Gasteiger partial charge in [0, 0.05) is 13.1 Å². The van der Waals surface area contributed by atoms with Crippen molar-refractivity contribution in [2.75, 3.05) is 32.4 Å². The molecule has 0 aromatic carbocycles. The van der Waals surface area contributed by atoms with E-state index in [4.69, 9.17) is 0 Å². The molecular formula is C11H24N2O2S. The number of nitrogens with one attached hydrogen (secondary N) is 1. The van der Waals surface area contributed by atoms with Gasteiger partial charge in [-0.3, -0.25) is 0 Å². The van der Waals surface area contributed by atoms with Gasteiger partial charge < -0.3 is 4.90 Å². The van der Waals surface area contributed by atoms with Crippen LogP contribution in [0.4, 0.5) is 0 Å². The minimum absolute atomic E-state index is 0.270. The number of sulfonamides is 1. The van der Waals surface area contributed by atoms with Crippen LogP contribution in [0.25, 0.3) is 0 Å². The van der Waals surface area contributed by atoms with Gasteiger partial charge in [0.25, 0.3) is 0 Å². The van der Waals surface area contributed by atoms with Crippen LogP contribution < -0.4 is 4.72 Å². The first-order chi connectivity index (χ1) is 7.53. The fourth-order valence-corrected chi connectivity index (χ4v) is 3.39. The molecule has 1 rings (SSSR count). The molecule has 0 bridgehead atoms. The molecule has 1 saturated heterocycles. The van der Waals surface area contributed by atoms with E-state index < -0.39 is 10.0 Å². The maximum atomic E-state index is 11.6. The Balaban J connectivity index is 2.27. The molecule has 1 N–H and O–H groups in total. The molecule has 16 heavy (non-hydrogen) atoms. The third-order valence-corrected chi connectivity index (χ3v) is 4.51. The summed E-state index contributed by atoms with van der Waals surface area (Å²) < 4.78 is 25.9. The van der Waals surface area contributed by atoms with Crippen molar-refractivity contribution in [1.82, 2.24) is 9.62 Å². The average molecular weight is 248 g/mol. The molecule has 5 heteroatoms. The molecule has 1 fully saturated rings. The molecule has 0 aliphatic carbocycles. The van der Waals surface area contributed by atoms with Crippen molar-refractivity contribution in [3.05, 3.63) is 0 Å². The second-order valence-electron chi connectivity index (χ2n) is 4.79. The number of unbranched alkanes of at least 4 members (excludes halogenated alkanes) is 1. The van der Waals surface area contributed by atoms with Gasteiger partial charge in [-0.25, -0.2) is 13.1 Å². The SMILES string of the molecule is CCCCS(=O)(=O)NCC1CCCN(C)C1. The lowest BCUT2D eigenvalue weighted by atomic mass is 9.99. The normalized spacial score (nSPS) is 23.5. The number of hydrogen-bond acceptors (Lipinski definition) is 3. The Bertz CT molecular complexity index is 290. The molecule has 1 heterocycles. The number of rotatable bonds is 6. The minimum atomic E-state index is -3.03. The predicted molar refractivity (Wildman–Crippen MR) is 66.9 cm³/mol. The molecule has 0 radical (unpaired) electrons. The first-order valence-corrected chi connectivity index (χ1v) is 7.84. The van der Waals surface area contributed by atoms with Gasteiger partial charge in [-0.05, 0) is 38.8 Å². The van der Waals surface area contributed by atoms with Crippen LogP contribution in [-0.4, -0.2) is 45.8 Å². The van der Waals surface area contributed by atoms with Crippen molar-refractivity contribution in [1.29, 1.82) is 0 Å². The van der Waals surface area contributed by atoms with Crippen molar-refractivity contribution < 1.29 is 8.42 Å². The van der Waals surface area contributed by atoms with E-state index in [2.05, 4.69) is 16.7 Å². The maximum Gasteiger partial charge on any atom is 0.211 e. The molecule has 96 valence electrons. The molecule has 0 aromatic rings. The van der Waals surface area contributed by atoms with Crippen LogP contribution in [0, 0.1) is 5.92 Å². The second-order valence-corrected chi connectivity index (χ2v) is 6.72. The minimum Gasteiger partial charge on any atom is -0.306 e. The Morgan fingerprint density at radius 3 is 2.81 bits per heavy atom. The highest BCUT2D eigenvalue weighted by molar-refractivity contribution is 7.89. The lowest BCUT2D eigenvalue weighted by Crippen LogP contribution is -2.39. The van der Waals surface area contributed by atoms with Crippen LogP contribution in [0.2, 0.25) is 0 Å². The topological polar surface area (TPSA) is 49.4 Å². The largest absolute Gasteiger partial charge is 0.306 e. The predicted octanol–water partition coefficient (Wildman–Crippen LogP) is 1.05. The summed E-state index contributed by atoms with van der Waals surface area (Å²) in [5, 5.41) is 0. The molecule has 0 saturated carbocycles. The first-order valence-electron chi connectivity index (χ1n) is 6.19. The van der Waals surface area contributed by atoms with Gasteiger partial charge in [0.2, 0.25) is 10.0 Å². The van der Waals surface area contributed by atoms with E-state index in [1.54, 1.807) is 0 Å². The summed E-state index contributed by atoms with van der Waals surface area (Å²) in [6, 6.07) is 0. The molecule has 1 atom stereocenters. The smallest absolute Gasteiger partial charge is 0.211 e. The maximum absolute atomic E-state index is 11.6. The fraction of sp³-hybridized carbons (Fsp3) is 1.00. The van der Waals surface area contributed by atoms with Gasteiger partial charge in [0.1, 0.15) is 0 Å². The number of nitrogens with zero attached hydrogens (tertiary/aromatic N) is 1. The number of hydrogen-bond donors (Lipinski definition) is 1. The van der Waals surface area contributed by atoms with Crippen LogP contribution in [0.5, 0.6) is 0 Å². The zero-order valence-electron chi connectivity index (χ0n) is 10.4. The first kappa shape index (κ1) is 13.9. The Labute approximate surface area is 99.5 Å². The van der Waals surface area contributed by atoms with Gasteiger partial charge in [-0.15, -0.1) is 0 Å². The summed E-state index contributed by atoms with van der Waals surface area (Å²) in [6.07, 6.45) is 3.99. The monoisotopic (exact) mass is 248 g/mol. The number of likely N-dealkylation sites (tertiary alicyclic amines) is 1. The summed E-state index contributed by atoms with van der Waals surface area (Å²) in [5.41, 5.74) is 0. The summed E-state index contributed by atoms with van der Waals surface area (Å²) in [7, 11) is -0.934. The van der Waals surface area contributed by atoms with E-state index in [0.717, 1.165) is 32.4 Å². The molecule has 0 aromatic heterocycles. The average Bonchev–Trinajstić information content (AvgIpc) is 2.24. The molecule has 4 nitrogen and oxygen atoms in total. The lowest BCUT2D eigenvalue weighted by Gasteiger charge is -2.29.